The molecule has 0 aromatic heterocycles. The van der Waals surface area contributed by atoms with Crippen molar-refractivity contribution < 1.29 is 9.59 Å². The van der Waals surface area contributed by atoms with Crippen LogP contribution in [0.25, 0.3) is 0 Å². The van der Waals surface area contributed by atoms with Crippen molar-refractivity contribution in [2.45, 2.75) is 65.0 Å². The van der Waals surface area contributed by atoms with E-state index >= 15 is 0 Å². The molecule has 1 saturated carbocycles. The molecule has 1 aromatic carbocycles. The normalized spacial score (nSPS) is 20.5. The molecule has 3 N–H and O–H groups in total. The average molecular weight is 428 g/mol. The molecule has 1 saturated heterocycles. The van der Waals surface area contributed by atoms with E-state index in [1.165, 1.54) is 12.8 Å². The molecule has 2 unspecified atom stereocenters. The Morgan fingerprint density at radius 2 is 2.00 bits per heavy atom. The van der Waals surface area contributed by atoms with Crippen molar-refractivity contribution in [1.29, 1.82) is 0 Å². The second kappa shape index (κ2) is 11.2. The highest BCUT2D eigenvalue weighted by Gasteiger charge is 2.32. The molecule has 7 heteroatoms. The number of likely N-dealkylation sites (tertiary alicyclic amines) is 1. The fourth-order valence-electron chi connectivity index (χ4n) is 4.29. The van der Waals surface area contributed by atoms with E-state index in [0.29, 0.717) is 12.5 Å². The summed E-state index contributed by atoms with van der Waals surface area (Å²) in [7, 11) is 1.76. The summed E-state index contributed by atoms with van der Waals surface area (Å²) in [5.74, 6) is 1.35. The summed E-state index contributed by atoms with van der Waals surface area (Å²) in [6.45, 7) is 6.11. The van der Waals surface area contributed by atoms with Gasteiger partial charge in [-0.15, -0.1) is 0 Å². The van der Waals surface area contributed by atoms with E-state index in [9.17, 15) is 9.59 Å². The van der Waals surface area contributed by atoms with Crippen LogP contribution in [0.3, 0.4) is 0 Å². The first kappa shape index (κ1) is 23.1. The SMILES string of the molecule is CCC(C)C(=O)Nc1cccc(CNC(=NC)NC2CCN(C(=O)C3CCCC3)C2)c1. The van der Waals surface area contributed by atoms with Crippen LogP contribution in [-0.2, 0) is 16.1 Å². The molecule has 2 fully saturated rings. The summed E-state index contributed by atoms with van der Waals surface area (Å²) in [4.78, 5) is 31.1. The number of amides is 2. The van der Waals surface area contributed by atoms with Gasteiger partial charge in [0.25, 0.3) is 0 Å². The third-order valence-electron chi connectivity index (χ3n) is 6.48. The lowest BCUT2D eigenvalue weighted by atomic mass is 10.1. The number of hydrogen-bond donors (Lipinski definition) is 3. The molecule has 1 heterocycles. The number of benzene rings is 1. The molecule has 3 rings (SSSR count). The Balaban J connectivity index is 1.47. The minimum atomic E-state index is -0.00339. The zero-order valence-electron chi connectivity index (χ0n) is 19.1. The number of nitrogens with zero attached hydrogens (tertiary/aromatic N) is 2. The van der Waals surface area contributed by atoms with Gasteiger partial charge in [-0.1, -0.05) is 38.8 Å². The van der Waals surface area contributed by atoms with Gasteiger partial charge >= 0.3 is 0 Å². The van der Waals surface area contributed by atoms with Gasteiger partial charge in [-0.2, -0.15) is 0 Å². The molecule has 0 bridgehead atoms. The Morgan fingerprint density at radius 3 is 2.71 bits per heavy atom. The van der Waals surface area contributed by atoms with Crippen LogP contribution in [0.4, 0.5) is 5.69 Å². The molecule has 1 aromatic rings. The summed E-state index contributed by atoms with van der Waals surface area (Å²) in [5, 5.41) is 9.79. The van der Waals surface area contributed by atoms with Gasteiger partial charge in [0.2, 0.25) is 11.8 Å². The minimum Gasteiger partial charge on any atom is -0.352 e. The van der Waals surface area contributed by atoms with Crippen LogP contribution in [0.2, 0.25) is 0 Å². The molecular formula is C24H37N5O2. The van der Waals surface area contributed by atoms with Crippen molar-refractivity contribution in [3.63, 3.8) is 0 Å². The minimum absolute atomic E-state index is 0.00339. The van der Waals surface area contributed by atoms with E-state index in [1.54, 1.807) is 7.05 Å². The highest BCUT2D eigenvalue weighted by atomic mass is 16.2. The number of guanidine groups is 1. The Hall–Kier alpha value is -2.57. The van der Waals surface area contributed by atoms with Crippen LogP contribution in [0.15, 0.2) is 29.3 Å². The van der Waals surface area contributed by atoms with Crippen molar-refractivity contribution in [3.05, 3.63) is 29.8 Å². The smallest absolute Gasteiger partial charge is 0.227 e. The zero-order valence-corrected chi connectivity index (χ0v) is 19.1. The Bertz CT molecular complexity index is 788. The fraction of sp³-hybridized carbons (Fsp3) is 0.625. The van der Waals surface area contributed by atoms with E-state index in [1.807, 2.05) is 43.0 Å². The molecule has 2 atom stereocenters. The van der Waals surface area contributed by atoms with E-state index in [0.717, 1.165) is 56.0 Å². The lowest BCUT2D eigenvalue weighted by Crippen LogP contribution is -2.45. The summed E-state index contributed by atoms with van der Waals surface area (Å²) in [6, 6.07) is 8.08. The molecule has 2 amide bonds. The predicted octanol–water partition coefficient (Wildman–Crippen LogP) is 3.13. The molecule has 7 nitrogen and oxygen atoms in total. The maximum atomic E-state index is 12.7. The Labute approximate surface area is 186 Å². The molecular weight excluding hydrogens is 390 g/mol. The molecule has 170 valence electrons. The third kappa shape index (κ3) is 6.45. The zero-order chi connectivity index (χ0) is 22.2. The Kier molecular flexibility index (Phi) is 8.32. The first-order valence-electron chi connectivity index (χ1n) is 11.7. The highest BCUT2D eigenvalue weighted by Crippen LogP contribution is 2.27. The lowest BCUT2D eigenvalue weighted by molar-refractivity contribution is -0.134. The third-order valence-corrected chi connectivity index (χ3v) is 6.48. The number of rotatable bonds is 7. The van der Waals surface area contributed by atoms with Gasteiger partial charge in [0.05, 0.1) is 0 Å². The van der Waals surface area contributed by atoms with Crippen molar-refractivity contribution in [1.82, 2.24) is 15.5 Å². The monoisotopic (exact) mass is 427 g/mol. The molecule has 0 spiro atoms. The van der Waals surface area contributed by atoms with Gasteiger partial charge in [0.1, 0.15) is 0 Å². The van der Waals surface area contributed by atoms with E-state index in [-0.39, 0.29) is 23.8 Å². The average Bonchev–Trinajstić information content (AvgIpc) is 3.48. The molecule has 2 aliphatic rings. The number of hydrogen-bond acceptors (Lipinski definition) is 3. The van der Waals surface area contributed by atoms with E-state index in [2.05, 4.69) is 20.9 Å². The van der Waals surface area contributed by atoms with Gasteiger partial charge in [0.15, 0.2) is 5.96 Å². The maximum absolute atomic E-state index is 12.7. The van der Waals surface area contributed by atoms with Crippen LogP contribution in [0.1, 0.15) is 57.9 Å². The lowest BCUT2D eigenvalue weighted by Gasteiger charge is -2.21. The van der Waals surface area contributed by atoms with Gasteiger partial charge in [-0.25, -0.2) is 0 Å². The molecule has 1 aliphatic heterocycles. The van der Waals surface area contributed by atoms with Gasteiger partial charge in [0, 0.05) is 50.2 Å². The number of carbonyl (C=O) groups excluding carboxylic acids is 2. The van der Waals surface area contributed by atoms with Crippen LogP contribution >= 0.6 is 0 Å². The predicted molar refractivity (Wildman–Crippen MR) is 125 cm³/mol. The van der Waals surface area contributed by atoms with E-state index < -0.39 is 0 Å². The van der Waals surface area contributed by atoms with Gasteiger partial charge in [-0.05, 0) is 43.4 Å². The van der Waals surface area contributed by atoms with Gasteiger partial charge < -0.3 is 20.9 Å². The van der Waals surface area contributed by atoms with Crippen LogP contribution in [0, 0.1) is 11.8 Å². The summed E-state index contributed by atoms with van der Waals surface area (Å²) in [5.41, 5.74) is 1.87. The van der Waals surface area contributed by atoms with Crippen molar-refractivity contribution in [2.75, 3.05) is 25.5 Å². The van der Waals surface area contributed by atoms with E-state index in [4.69, 9.17) is 0 Å². The highest BCUT2D eigenvalue weighted by molar-refractivity contribution is 5.92. The first-order valence-corrected chi connectivity index (χ1v) is 11.7. The second-order valence-electron chi connectivity index (χ2n) is 8.82. The number of anilines is 1. The molecule has 0 radical (unpaired) electrons. The van der Waals surface area contributed by atoms with Crippen molar-refractivity contribution >= 4 is 23.5 Å². The second-order valence-corrected chi connectivity index (χ2v) is 8.82. The van der Waals surface area contributed by atoms with Gasteiger partial charge in [-0.3, -0.25) is 14.6 Å². The van der Waals surface area contributed by atoms with Crippen LogP contribution in [-0.4, -0.2) is 48.9 Å². The number of nitrogens with one attached hydrogen (secondary N) is 3. The fourth-order valence-corrected chi connectivity index (χ4v) is 4.29. The number of carbonyl (C=O) groups is 2. The molecule has 31 heavy (non-hydrogen) atoms. The summed E-state index contributed by atoms with van der Waals surface area (Å²) in [6.07, 6.45) is 6.23. The summed E-state index contributed by atoms with van der Waals surface area (Å²) < 4.78 is 0. The van der Waals surface area contributed by atoms with Crippen molar-refractivity contribution in [3.8, 4) is 0 Å². The summed E-state index contributed by atoms with van der Waals surface area (Å²) >= 11 is 0. The molecule has 1 aliphatic carbocycles. The van der Waals surface area contributed by atoms with Crippen LogP contribution in [0.5, 0.6) is 0 Å². The number of aliphatic imine (C=N–C) groups is 1. The van der Waals surface area contributed by atoms with Crippen LogP contribution < -0.4 is 16.0 Å². The quantitative estimate of drug-likeness (QED) is 0.461. The first-order chi connectivity index (χ1) is 15.0. The topological polar surface area (TPSA) is 85.8 Å². The largest absolute Gasteiger partial charge is 0.352 e. The maximum Gasteiger partial charge on any atom is 0.227 e. The van der Waals surface area contributed by atoms with Crippen molar-refractivity contribution in [2.24, 2.45) is 16.8 Å². The Morgan fingerprint density at radius 1 is 1.23 bits per heavy atom. The standard InChI is InChI=1S/C24H37N5O2/c1-4-17(2)22(30)27-20-11-7-8-18(14-20)15-26-24(25-3)28-21-12-13-29(16-21)23(31)19-9-5-6-10-19/h7-8,11,14,17,19,21H,4-6,9-10,12-13,15-16H2,1-3H3,(H,27,30)(H2,25,26,28).